The Morgan fingerprint density at radius 2 is 2.00 bits per heavy atom. The van der Waals surface area contributed by atoms with Gasteiger partial charge in [0, 0.05) is 5.56 Å². The summed E-state index contributed by atoms with van der Waals surface area (Å²) in [6.07, 6.45) is -0.786. The fourth-order valence-corrected chi connectivity index (χ4v) is 0.899. The molecule has 0 radical (unpaired) electrons. The van der Waals surface area contributed by atoms with Gasteiger partial charge in [0.05, 0.1) is 6.42 Å². The van der Waals surface area contributed by atoms with Crippen LogP contribution in [0.4, 0.5) is 8.78 Å². The zero-order valence-electron chi connectivity index (χ0n) is 6.42. The minimum absolute atomic E-state index is 0.632. The second-order valence-corrected chi connectivity index (χ2v) is 2.43. The van der Waals surface area contributed by atoms with E-state index in [1.165, 1.54) is 0 Å². The van der Waals surface area contributed by atoms with Gasteiger partial charge in [0.2, 0.25) is 0 Å². The maximum absolute atomic E-state index is 12.9. The van der Waals surface area contributed by atoms with Crippen LogP contribution in [0.25, 0.3) is 0 Å². The van der Waals surface area contributed by atoms with Crippen LogP contribution in [0.3, 0.4) is 0 Å². The first-order valence-corrected chi connectivity index (χ1v) is 3.40. The molecule has 1 aromatic carbocycles. The Hall–Kier alpha value is -1.65. The van der Waals surface area contributed by atoms with Crippen molar-refractivity contribution in [3.8, 4) is 5.75 Å². The van der Waals surface area contributed by atoms with Crippen LogP contribution in [-0.2, 0) is 11.2 Å². The highest BCUT2D eigenvalue weighted by atomic mass is 19.1. The Morgan fingerprint density at radius 1 is 1.38 bits per heavy atom. The van der Waals surface area contributed by atoms with Crippen molar-refractivity contribution in [3.05, 3.63) is 29.3 Å². The van der Waals surface area contributed by atoms with Gasteiger partial charge < -0.3 is 10.2 Å². The van der Waals surface area contributed by atoms with Gasteiger partial charge >= 0.3 is 5.97 Å². The molecule has 0 aliphatic rings. The van der Waals surface area contributed by atoms with E-state index < -0.39 is 35.3 Å². The molecule has 0 atom stereocenters. The average molecular weight is 188 g/mol. The standard InChI is InChI=1S/C8H6F2O3/c9-5-1-2-6(11)8(10)4(5)3-7(12)13/h1-2,11H,3H2,(H,12,13). The third-order valence-corrected chi connectivity index (χ3v) is 1.49. The number of carbonyl (C=O) groups is 1. The van der Waals surface area contributed by atoms with Crippen LogP contribution in [0.15, 0.2) is 12.1 Å². The van der Waals surface area contributed by atoms with Crippen LogP contribution in [-0.4, -0.2) is 16.2 Å². The molecular weight excluding hydrogens is 182 g/mol. The van der Waals surface area contributed by atoms with Crippen molar-refractivity contribution in [3.63, 3.8) is 0 Å². The normalized spacial score (nSPS) is 10.0. The molecule has 5 heteroatoms. The zero-order chi connectivity index (χ0) is 10.0. The maximum Gasteiger partial charge on any atom is 0.308 e. The number of carboxylic acids is 1. The number of halogens is 2. The van der Waals surface area contributed by atoms with Crippen LogP contribution in [0.2, 0.25) is 0 Å². The summed E-state index contributed by atoms with van der Waals surface area (Å²) in [5.41, 5.74) is -0.632. The first kappa shape index (κ1) is 9.44. The highest BCUT2D eigenvalue weighted by molar-refractivity contribution is 5.70. The largest absolute Gasteiger partial charge is 0.505 e. The number of benzene rings is 1. The van der Waals surface area contributed by atoms with E-state index >= 15 is 0 Å². The van der Waals surface area contributed by atoms with Crippen LogP contribution in [0, 0.1) is 11.6 Å². The van der Waals surface area contributed by atoms with Gasteiger partial charge in [-0.15, -0.1) is 0 Å². The van der Waals surface area contributed by atoms with Crippen LogP contribution in [0.1, 0.15) is 5.56 Å². The fourth-order valence-electron chi connectivity index (χ4n) is 0.899. The summed E-state index contributed by atoms with van der Waals surface area (Å²) in [6, 6.07) is 1.65. The molecule has 1 aromatic rings. The van der Waals surface area contributed by atoms with E-state index in [0.29, 0.717) is 0 Å². The molecule has 0 saturated heterocycles. The van der Waals surface area contributed by atoms with E-state index in [2.05, 4.69) is 0 Å². The number of phenols is 1. The van der Waals surface area contributed by atoms with E-state index in [9.17, 15) is 13.6 Å². The molecule has 0 spiro atoms. The molecule has 0 amide bonds. The van der Waals surface area contributed by atoms with Gasteiger partial charge in [0.1, 0.15) is 5.82 Å². The molecule has 0 aliphatic carbocycles. The lowest BCUT2D eigenvalue weighted by molar-refractivity contribution is -0.136. The van der Waals surface area contributed by atoms with Gasteiger partial charge in [-0.05, 0) is 12.1 Å². The van der Waals surface area contributed by atoms with E-state index in [4.69, 9.17) is 10.2 Å². The summed E-state index contributed by atoms with van der Waals surface area (Å²) in [4.78, 5) is 10.2. The number of carboxylic acid groups (broad SMARTS) is 1. The van der Waals surface area contributed by atoms with Gasteiger partial charge in [0.25, 0.3) is 0 Å². The van der Waals surface area contributed by atoms with E-state index in [1.807, 2.05) is 0 Å². The SMILES string of the molecule is O=C(O)Cc1c(F)ccc(O)c1F. The third-order valence-electron chi connectivity index (χ3n) is 1.49. The Balaban J connectivity index is 3.17. The van der Waals surface area contributed by atoms with Crippen LogP contribution in [0.5, 0.6) is 5.75 Å². The number of hydrogen-bond acceptors (Lipinski definition) is 2. The summed E-state index contributed by atoms with van der Waals surface area (Å²) >= 11 is 0. The number of aromatic hydroxyl groups is 1. The maximum atomic E-state index is 12.9. The van der Waals surface area contributed by atoms with Gasteiger partial charge in [0.15, 0.2) is 11.6 Å². The predicted octanol–water partition coefficient (Wildman–Crippen LogP) is 1.30. The van der Waals surface area contributed by atoms with Crippen molar-refractivity contribution < 1.29 is 23.8 Å². The summed E-state index contributed by atoms with van der Waals surface area (Å²) < 4.78 is 25.6. The number of hydrogen-bond donors (Lipinski definition) is 2. The second kappa shape index (κ2) is 3.38. The quantitative estimate of drug-likeness (QED) is 0.735. The van der Waals surface area contributed by atoms with Crippen molar-refractivity contribution in [1.82, 2.24) is 0 Å². The molecule has 0 heterocycles. The Labute approximate surface area is 72.2 Å². The molecule has 0 bridgehead atoms. The molecular formula is C8H6F2O3. The van der Waals surface area contributed by atoms with E-state index in [1.54, 1.807) is 0 Å². The Morgan fingerprint density at radius 3 is 2.54 bits per heavy atom. The summed E-state index contributed by atoms with van der Waals surface area (Å²) in [7, 11) is 0. The average Bonchev–Trinajstić information content (AvgIpc) is 2.05. The topological polar surface area (TPSA) is 57.5 Å². The molecule has 1 rings (SSSR count). The minimum atomic E-state index is -1.36. The molecule has 70 valence electrons. The molecule has 3 nitrogen and oxygen atoms in total. The molecule has 2 N–H and O–H groups in total. The monoisotopic (exact) mass is 188 g/mol. The number of aliphatic carboxylic acids is 1. The second-order valence-electron chi connectivity index (χ2n) is 2.43. The third kappa shape index (κ3) is 1.93. The number of rotatable bonds is 2. The first-order chi connectivity index (χ1) is 6.02. The van der Waals surface area contributed by atoms with Crippen molar-refractivity contribution in [2.24, 2.45) is 0 Å². The van der Waals surface area contributed by atoms with Gasteiger partial charge in [-0.3, -0.25) is 4.79 Å². The van der Waals surface area contributed by atoms with Crippen molar-refractivity contribution in [2.45, 2.75) is 6.42 Å². The van der Waals surface area contributed by atoms with Crippen molar-refractivity contribution >= 4 is 5.97 Å². The van der Waals surface area contributed by atoms with Crippen molar-refractivity contribution in [1.29, 1.82) is 0 Å². The lowest BCUT2D eigenvalue weighted by atomic mass is 10.1. The van der Waals surface area contributed by atoms with Crippen LogP contribution < -0.4 is 0 Å². The summed E-state index contributed by atoms with van der Waals surface area (Å²) in [5.74, 6) is -4.30. The lowest BCUT2D eigenvalue weighted by Crippen LogP contribution is -2.05. The summed E-state index contributed by atoms with van der Waals surface area (Å²) in [5, 5.41) is 17.1. The Bertz CT molecular complexity index is 349. The molecule has 0 fully saturated rings. The van der Waals surface area contributed by atoms with E-state index in [0.717, 1.165) is 12.1 Å². The zero-order valence-corrected chi connectivity index (χ0v) is 6.42. The Kier molecular flexibility index (Phi) is 2.46. The molecule has 0 aromatic heterocycles. The molecule has 0 unspecified atom stereocenters. The number of phenolic OH excluding ortho intramolecular Hbond substituents is 1. The summed E-state index contributed by atoms with van der Waals surface area (Å²) in [6.45, 7) is 0. The minimum Gasteiger partial charge on any atom is -0.505 e. The molecule has 13 heavy (non-hydrogen) atoms. The van der Waals surface area contributed by atoms with Gasteiger partial charge in [-0.1, -0.05) is 0 Å². The highest BCUT2D eigenvalue weighted by Crippen LogP contribution is 2.21. The molecule has 0 saturated carbocycles. The smallest absolute Gasteiger partial charge is 0.308 e. The fraction of sp³-hybridized carbons (Fsp3) is 0.125. The molecule has 0 aliphatic heterocycles. The predicted molar refractivity (Wildman–Crippen MR) is 39.4 cm³/mol. The van der Waals surface area contributed by atoms with Gasteiger partial charge in [-0.2, -0.15) is 0 Å². The van der Waals surface area contributed by atoms with Gasteiger partial charge in [-0.25, -0.2) is 8.78 Å². The highest BCUT2D eigenvalue weighted by Gasteiger charge is 2.15. The lowest BCUT2D eigenvalue weighted by Gasteiger charge is -2.02. The first-order valence-electron chi connectivity index (χ1n) is 3.40. The van der Waals surface area contributed by atoms with Crippen molar-refractivity contribution in [2.75, 3.05) is 0 Å². The van der Waals surface area contributed by atoms with E-state index in [-0.39, 0.29) is 0 Å². The van der Waals surface area contributed by atoms with Crippen LogP contribution >= 0.6 is 0 Å².